The van der Waals surface area contributed by atoms with Gasteiger partial charge in [0.1, 0.15) is 0 Å². The zero-order chi connectivity index (χ0) is 17.0. The molecule has 0 aromatic heterocycles. The topological polar surface area (TPSA) is 0 Å². The van der Waals surface area contributed by atoms with E-state index in [-0.39, 0.29) is 0 Å². The molecule has 0 radical (unpaired) electrons. The Kier molecular flexibility index (Phi) is 13.9. The van der Waals surface area contributed by atoms with E-state index in [1.807, 2.05) is 31.2 Å². The molecule has 22 heavy (non-hydrogen) atoms. The lowest BCUT2D eigenvalue weighted by atomic mass is 10.2. The molecule has 0 aliphatic rings. The molecule has 0 heterocycles. The fourth-order valence-electron chi connectivity index (χ4n) is 1.20. The van der Waals surface area contributed by atoms with Crippen LogP contribution >= 0.6 is 71.9 Å². The second kappa shape index (κ2) is 13.7. The Bertz CT molecular complexity index is 473. The van der Waals surface area contributed by atoms with Crippen molar-refractivity contribution in [2.24, 2.45) is 0 Å². The predicted molar refractivity (Wildman–Crippen MR) is 108 cm³/mol. The number of halogens is 3. The molecule has 0 nitrogen and oxygen atoms in total. The molecule has 0 atom stereocenters. The van der Waals surface area contributed by atoms with Crippen LogP contribution in [0.4, 0.5) is 13.2 Å². The molecule has 0 aliphatic heterocycles. The highest BCUT2D eigenvalue weighted by Crippen LogP contribution is 2.19. The van der Waals surface area contributed by atoms with Gasteiger partial charge in [0.2, 0.25) is 13.4 Å². The molecule has 122 valence electrons. The monoisotopic (exact) mass is 418 g/mol. The van der Waals surface area contributed by atoms with E-state index in [0.29, 0.717) is 11.5 Å². The summed E-state index contributed by atoms with van der Waals surface area (Å²) in [5.74, 6) is 1.72. The van der Waals surface area contributed by atoms with Crippen LogP contribution in [0.25, 0.3) is 0 Å². The average molecular weight is 419 g/mol. The normalized spacial score (nSPS) is 9.64. The molecular formula is C13H13F3S6. The number of hydrogen-bond donors (Lipinski definition) is 0. The maximum atomic E-state index is 12.4. The van der Waals surface area contributed by atoms with Gasteiger partial charge in [-0.15, -0.1) is 0 Å². The van der Waals surface area contributed by atoms with Gasteiger partial charge in [-0.25, -0.2) is 0 Å². The molecule has 0 spiro atoms. The first-order chi connectivity index (χ1) is 10.3. The SMILES string of the molecule is CCSC(F)=S.FC(=S)SCc1cccc(CSC(F)=S)c1. The molecule has 0 saturated carbocycles. The van der Waals surface area contributed by atoms with Gasteiger partial charge < -0.3 is 0 Å². The Balaban J connectivity index is 0.000000626. The van der Waals surface area contributed by atoms with Gasteiger partial charge in [-0.3, -0.25) is 0 Å². The van der Waals surface area contributed by atoms with Crippen LogP contribution in [-0.4, -0.2) is 19.1 Å². The Hall–Kier alpha value is 0.330. The van der Waals surface area contributed by atoms with E-state index in [0.717, 1.165) is 52.2 Å². The van der Waals surface area contributed by atoms with Crippen LogP contribution in [0, 0.1) is 0 Å². The molecule has 0 fully saturated rings. The van der Waals surface area contributed by atoms with Crippen LogP contribution in [-0.2, 0) is 11.5 Å². The van der Waals surface area contributed by atoms with Crippen molar-refractivity contribution in [2.45, 2.75) is 18.4 Å². The lowest BCUT2D eigenvalue weighted by Crippen LogP contribution is -1.87. The zero-order valence-electron chi connectivity index (χ0n) is 11.5. The van der Waals surface area contributed by atoms with Crippen LogP contribution in [0.1, 0.15) is 18.1 Å². The summed E-state index contributed by atoms with van der Waals surface area (Å²) in [6.45, 7) is 1.86. The quantitative estimate of drug-likeness (QED) is 0.385. The van der Waals surface area contributed by atoms with Crippen LogP contribution < -0.4 is 0 Å². The molecule has 0 saturated heterocycles. The Labute approximate surface area is 157 Å². The molecule has 0 aliphatic carbocycles. The van der Waals surface area contributed by atoms with Crippen molar-refractivity contribution in [3.8, 4) is 0 Å². The molecule has 1 aromatic carbocycles. The minimum Gasteiger partial charge on any atom is -0.186 e. The van der Waals surface area contributed by atoms with Gasteiger partial charge in [0.05, 0.1) is 0 Å². The van der Waals surface area contributed by atoms with Crippen molar-refractivity contribution in [2.75, 3.05) is 5.75 Å². The van der Waals surface area contributed by atoms with Gasteiger partial charge in [-0.1, -0.05) is 66.5 Å². The second-order valence-corrected chi connectivity index (χ2v) is 8.49. The fourth-order valence-corrected chi connectivity index (χ4v) is 3.06. The molecule has 0 unspecified atom stereocenters. The minimum absolute atomic E-state index is 0.461. The number of thiocarbonyl (C=S) groups is 3. The summed E-state index contributed by atoms with van der Waals surface area (Å²) in [6.07, 6.45) is 0. The van der Waals surface area contributed by atoms with Crippen molar-refractivity contribution in [1.29, 1.82) is 0 Å². The van der Waals surface area contributed by atoms with Crippen molar-refractivity contribution >= 4 is 85.3 Å². The molecule has 1 aromatic rings. The maximum Gasteiger partial charge on any atom is 0.220 e. The maximum absolute atomic E-state index is 12.4. The molecule has 1 rings (SSSR count). The zero-order valence-corrected chi connectivity index (χ0v) is 16.4. The summed E-state index contributed by atoms with van der Waals surface area (Å²) in [5.41, 5.74) is 1.93. The molecule has 0 bridgehead atoms. The van der Waals surface area contributed by atoms with Crippen LogP contribution in [0.2, 0.25) is 0 Å². The lowest BCUT2D eigenvalue weighted by molar-refractivity contribution is 0.852. The Morgan fingerprint density at radius 3 is 1.55 bits per heavy atom. The summed E-state index contributed by atoms with van der Waals surface area (Å²) in [5, 5.41) is 0. The smallest absolute Gasteiger partial charge is 0.186 e. The molecular weight excluding hydrogens is 406 g/mol. The van der Waals surface area contributed by atoms with Gasteiger partial charge in [-0.05, 0) is 53.5 Å². The molecule has 0 amide bonds. The van der Waals surface area contributed by atoms with E-state index in [1.54, 1.807) is 0 Å². The number of hydrogen-bond acceptors (Lipinski definition) is 6. The first kappa shape index (κ1) is 22.3. The largest absolute Gasteiger partial charge is 0.220 e. The summed E-state index contributed by atoms with van der Waals surface area (Å²) in [6, 6.07) is 7.52. The van der Waals surface area contributed by atoms with E-state index in [1.165, 1.54) is 0 Å². The van der Waals surface area contributed by atoms with E-state index < -0.39 is 13.4 Å². The van der Waals surface area contributed by atoms with Crippen LogP contribution in [0.5, 0.6) is 0 Å². The number of thioether (sulfide) groups is 3. The Morgan fingerprint density at radius 2 is 1.27 bits per heavy atom. The average Bonchev–Trinajstić information content (AvgIpc) is 2.44. The highest BCUT2D eigenvalue weighted by Gasteiger charge is 2.01. The van der Waals surface area contributed by atoms with Crippen molar-refractivity contribution < 1.29 is 13.2 Å². The van der Waals surface area contributed by atoms with E-state index in [9.17, 15) is 13.2 Å². The van der Waals surface area contributed by atoms with E-state index >= 15 is 0 Å². The number of rotatable bonds is 5. The summed E-state index contributed by atoms with van der Waals surface area (Å²) in [4.78, 5) is 0. The van der Waals surface area contributed by atoms with Crippen molar-refractivity contribution in [3.05, 3.63) is 35.4 Å². The molecule has 9 heteroatoms. The van der Waals surface area contributed by atoms with Gasteiger partial charge in [-0.2, -0.15) is 13.2 Å². The van der Waals surface area contributed by atoms with Gasteiger partial charge in [0.15, 0.2) is 0 Å². The highest BCUT2D eigenvalue weighted by molar-refractivity contribution is 8.22. The van der Waals surface area contributed by atoms with Gasteiger partial charge >= 0.3 is 0 Å². The standard InChI is InChI=1S/C10H8F2S4.C3H5FS2/c11-9(13)15-5-7-2-1-3-8(4-7)6-16-10(12)14;1-2-6-3(4)5/h1-4H,5-6H2;2H2,1H3. The summed E-state index contributed by atoms with van der Waals surface area (Å²) >= 11 is 15.8. The van der Waals surface area contributed by atoms with Crippen molar-refractivity contribution in [1.82, 2.24) is 0 Å². The third-order valence-electron chi connectivity index (χ3n) is 1.95. The molecule has 0 N–H and O–H groups in total. The Morgan fingerprint density at radius 1 is 0.864 bits per heavy atom. The summed E-state index contributed by atoms with van der Waals surface area (Å²) < 4.78 is 34.5. The minimum atomic E-state index is -0.565. The predicted octanol–water partition coefficient (Wildman–Crippen LogP) is 6.66. The number of benzene rings is 1. The van der Waals surface area contributed by atoms with Crippen molar-refractivity contribution in [3.63, 3.8) is 0 Å². The third-order valence-corrected chi connectivity index (χ3v) is 4.94. The van der Waals surface area contributed by atoms with E-state index in [4.69, 9.17) is 0 Å². The van der Waals surface area contributed by atoms with Gasteiger partial charge in [0.25, 0.3) is 0 Å². The first-order valence-corrected chi connectivity index (χ1v) is 10.1. The van der Waals surface area contributed by atoms with E-state index in [2.05, 4.69) is 36.7 Å². The first-order valence-electron chi connectivity index (χ1n) is 5.89. The van der Waals surface area contributed by atoms with Crippen LogP contribution in [0.15, 0.2) is 24.3 Å². The second-order valence-electron chi connectivity index (χ2n) is 3.54. The van der Waals surface area contributed by atoms with Crippen LogP contribution in [0.3, 0.4) is 0 Å². The lowest BCUT2D eigenvalue weighted by Gasteiger charge is -2.02. The summed E-state index contributed by atoms with van der Waals surface area (Å²) in [7, 11) is 0. The van der Waals surface area contributed by atoms with Gasteiger partial charge in [0, 0.05) is 11.5 Å². The fraction of sp³-hybridized carbons (Fsp3) is 0.308. The highest BCUT2D eigenvalue weighted by atomic mass is 32.2. The third kappa shape index (κ3) is 14.0.